The van der Waals surface area contributed by atoms with Crippen LogP contribution in [0.3, 0.4) is 0 Å². The Kier molecular flexibility index (Phi) is 2.15. The van der Waals surface area contributed by atoms with E-state index in [2.05, 4.69) is 0 Å². The van der Waals surface area contributed by atoms with Crippen LogP contribution in [0.5, 0.6) is 0 Å². The van der Waals surface area contributed by atoms with Crippen molar-refractivity contribution >= 4 is 16.7 Å². The lowest BCUT2D eigenvalue weighted by Gasteiger charge is -2.02. The van der Waals surface area contributed by atoms with Crippen LogP contribution < -0.4 is 5.73 Å². The molecule has 1 heterocycles. The summed E-state index contributed by atoms with van der Waals surface area (Å²) in [6, 6.07) is 16.0. The molecule has 2 aromatic carbocycles. The van der Waals surface area contributed by atoms with E-state index < -0.39 is 0 Å². The Balaban J connectivity index is 2.20. The molecule has 0 atom stereocenters. The lowest BCUT2D eigenvalue weighted by molar-refractivity contribution is 0.632. The van der Waals surface area contributed by atoms with Crippen molar-refractivity contribution in [2.24, 2.45) is 0 Å². The fourth-order valence-corrected chi connectivity index (χ4v) is 2.02. The molecule has 3 aromatic rings. The summed E-state index contributed by atoms with van der Waals surface area (Å²) >= 11 is 0. The molecule has 1 aromatic heterocycles. The second-order valence-corrected chi connectivity index (χ2v) is 4.24. The number of nitrogen functional groups attached to an aromatic ring is 1. The molecule has 0 spiro atoms. The largest absolute Gasteiger partial charge is 0.456 e. The molecule has 2 heteroatoms. The number of benzene rings is 2. The van der Waals surface area contributed by atoms with Gasteiger partial charge in [0, 0.05) is 16.6 Å². The summed E-state index contributed by atoms with van der Waals surface area (Å²) in [7, 11) is 0. The highest BCUT2D eigenvalue weighted by Gasteiger charge is 2.08. The number of rotatable bonds is 1. The van der Waals surface area contributed by atoms with Crippen molar-refractivity contribution in [2.75, 3.05) is 5.73 Å². The minimum absolute atomic E-state index is 0.754. The molecule has 0 saturated carbocycles. The third-order valence-electron chi connectivity index (χ3n) is 2.90. The maximum Gasteiger partial charge on any atom is 0.137 e. The second kappa shape index (κ2) is 3.67. The fourth-order valence-electron chi connectivity index (χ4n) is 2.02. The first-order chi connectivity index (χ1) is 8.24. The molecule has 0 aliphatic rings. The molecular formula is C15H13NO. The molecule has 0 fully saturated rings. The molecule has 0 radical (unpaired) electrons. The smallest absolute Gasteiger partial charge is 0.137 e. The van der Waals surface area contributed by atoms with Crippen LogP contribution in [-0.4, -0.2) is 0 Å². The highest BCUT2D eigenvalue weighted by molar-refractivity contribution is 5.85. The predicted molar refractivity (Wildman–Crippen MR) is 70.8 cm³/mol. The van der Waals surface area contributed by atoms with Crippen molar-refractivity contribution in [3.05, 3.63) is 54.1 Å². The number of aryl methyl sites for hydroxylation is 1. The summed E-state index contributed by atoms with van der Waals surface area (Å²) in [5.41, 5.74) is 9.77. The van der Waals surface area contributed by atoms with Gasteiger partial charge in [0.15, 0.2) is 0 Å². The Morgan fingerprint density at radius 2 is 1.82 bits per heavy atom. The van der Waals surface area contributed by atoms with E-state index >= 15 is 0 Å². The van der Waals surface area contributed by atoms with Crippen molar-refractivity contribution in [3.8, 4) is 11.3 Å². The molecule has 0 saturated heterocycles. The summed E-state index contributed by atoms with van der Waals surface area (Å²) in [5, 5.41) is 1.10. The minimum Gasteiger partial charge on any atom is -0.456 e. The number of nitrogens with two attached hydrogens (primary N) is 1. The minimum atomic E-state index is 0.754. The Morgan fingerprint density at radius 1 is 1.00 bits per heavy atom. The van der Waals surface area contributed by atoms with Crippen LogP contribution in [0.1, 0.15) is 5.56 Å². The van der Waals surface area contributed by atoms with E-state index in [1.54, 1.807) is 0 Å². The quantitative estimate of drug-likeness (QED) is 0.633. The first-order valence-corrected chi connectivity index (χ1v) is 5.59. The van der Waals surface area contributed by atoms with E-state index in [9.17, 15) is 0 Å². The van der Waals surface area contributed by atoms with Gasteiger partial charge in [0.1, 0.15) is 11.3 Å². The second-order valence-electron chi connectivity index (χ2n) is 4.24. The zero-order chi connectivity index (χ0) is 11.8. The zero-order valence-corrected chi connectivity index (χ0v) is 9.60. The maximum absolute atomic E-state index is 6.02. The molecule has 3 rings (SSSR count). The van der Waals surface area contributed by atoms with Crippen LogP contribution in [0.4, 0.5) is 5.69 Å². The Bertz CT molecular complexity index is 649. The first-order valence-electron chi connectivity index (χ1n) is 5.59. The summed E-state index contributed by atoms with van der Waals surface area (Å²) < 4.78 is 5.79. The van der Waals surface area contributed by atoms with E-state index in [4.69, 9.17) is 10.2 Å². The van der Waals surface area contributed by atoms with E-state index in [-0.39, 0.29) is 0 Å². The van der Waals surface area contributed by atoms with E-state index in [0.717, 1.165) is 33.5 Å². The van der Waals surface area contributed by atoms with Crippen LogP contribution >= 0.6 is 0 Å². The molecule has 0 aliphatic carbocycles. The molecule has 84 valence electrons. The maximum atomic E-state index is 6.02. The van der Waals surface area contributed by atoms with E-state index in [1.165, 1.54) is 0 Å². The van der Waals surface area contributed by atoms with Gasteiger partial charge in [0.05, 0.1) is 0 Å². The topological polar surface area (TPSA) is 39.2 Å². The van der Waals surface area contributed by atoms with Crippen molar-refractivity contribution < 1.29 is 4.42 Å². The highest BCUT2D eigenvalue weighted by atomic mass is 16.3. The molecule has 17 heavy (non-hydrogen) atoms. The normalized spacial score (nSPS) is 10.9. The molecule has 2 N–H and O–H groups in total. The van der Waals surface area contributed by atoms with Gasteiger partial charge in [-0.05, 0) is 36.8 Å². The zero-order valence-electron chi connectivity index (χ0n) is 9.60. The number of hydrogen-bond acceptors (Lipinski definition) is 2. The number of furan rings is 1. The van der Waals surface area contributed by atoms with Gasteiger partial charge < -0.3 is 10.2 Å². The fraction of sp³-hybridized carbons (Fsp3) is 0.0667. The monoisotopic (exact) mass is 223 g/mol. The number of fused-ring (bicyclic) bond motifs is 1. The van der Waals surface area contributed by atoms with Crippen molar-refractivity contribution in [1.29, 1.82) is 0 Å². The van der Waals surface area contributed by atoms with Crippen LogP contribution in [-0.2, 0) is 0 Å². The van der Waals surface area contributed by atoms with E-state index in [1.807, 2.05) is 55.5 Å². The van der Waals surface area contributed by atoms with Gasteiger partial charge >= 0.3 is 0 Å². The standard InChI is InChI=1S/C15H13NO/c1-10-6-7-12(13(16)8-10)15-9-11-4-2-3-5-14(11)17-15/h2-9H,16H2,1H3. The number of anilines is 1. The SMILES string of the molecule is Cc1ccc(-c2cc3ccccc3o2)c(N)c1. The van der Waals surface area contributed by atoms with Gasteiger partial charge in [0.2, 0.25) is 0 Å². The highest BCUT2D eigenvalue weighted by Crippen LogP contribution is 2.31. The molecule has 0 amide bonds. The molecular weight excluding hydrogens is 210 g/mol. The van der Waals surface area contributed by atoms with Gasteiger partial charge in [-0.1, -0.05) is 24.3 Å². The Morgan fingerprint density at radius 3 is 2.59 bits per heavy atom. The Labute approximate surface area is 99.7 Å². The van der Waals surface area contributed by atoms with Gasteiger partial charge in [-0.2, -0.15) is 0 Å². The average Bonchev–Trinajstić information content (AvgIpc) is 2.72. The summed E-state index contributed by atoms with van der Waals surface area (Å²) in [5.74, 6) is 0.823. The lowest BCUT2D eigenvalue weighted by atomic mass is 10.1. The summed E-state index contributed by atoms with van der Waals surface area (Å²) in [6.45, 7) is 2.03. The number of para-hydroxylation sites is 1. The summed E-state index contributed by atoms with van der Waals surface area (Å²) in [4.78, 5) is 0. The van der Waals surface area contributed by atoms with E-state index in [0.29, 0.717) is 0 Å². The lowest BCUT2D eigenvalue weighted by Crippen LogP contribution is -1.89. The molecule has 0 aliphatic heterocycles. The molecule has 0 unspecified atom stereocenters. The van der Waals surface area contributed by atoms with Crippen LogP contribution in [0.15, 0.2) is 52.9 Å². The first kappa shape index (κ1) is 9.97. The Hall–Kier alpha value is -2.22. The van der Waals surface area contributed by atoms with Crippen LogP contribution in [0, 0.1) is 6.92 Å². The van der Waals surface area contributed by atoms with Crippen LogP contribution in [0.25, 0.3) is 22.3 Å². The van der Waals surface area contributed by atoms with Crippen molar-refractivity contribution in [1.82, 2.24) is 0 Å². The van der Waals surface area contributed by atoms with Gasteiger partial charge in [0.25, 0.3) is 0 Å². The van der Waals surface area contributed by atoms with Gasteiger partial charge in [-0.15, -0.1) is 0 Å². The average molecular weight is 223 g/mol. The predicted octanol–water partition coefficient (Wildman–Crippen LogP) is 3.99. The van der Waals surface area contributed by atoms with Crippen molar-refractivity contribution in [2.45, 2.75) is 6.92 Å². The van der Waals surface area contributed by atoms with Gasteiger partial charge in [-0.3, -0.25) is 0 Å². The van der Waals surface area contributed by atoms with Crippen molar-refractivity contribution in [3.63, 3.8) is 0 Å². The third kappa shape index (κ3) is 1.68. The van der Waals surface area contributed by atoms with Crippen LogP contribution in [0.2, 0.25) is 0 Å². The molecule has 2 nitrogen and oxygen atoms in total. The third-order valence-corrected chi connectivity index (χ3v) is 2.90. The summed E-state index contributed by atoms with van der Waals surface area (Å²) in [6.07, 6.45) is 0. The molecule has 0 bridgehead atoms. The number of hydrogen-bond donors (Lipinski definition) is 1. The van der Waals surface area contributed by atoms with Gasteiger partial charge in [-0.25, -0.2) is 0 Å².